The van der Waals surface area contributed by atoms with Gasteiger partial charge in [-0.1, -0.05) is 23.7 Å². The third-order valence-electron chi connectivity index (χ3n) is 3.95. The highest BCUT2D eigenvalue weighted by Gasteiger charge is 2.69. The van der Waals surface area contributed by atoms with Crippen LogP contribution in [-0.2, 0) is 4.79 Å². The molecule has 2 N–H and O–H groups in total. The van der Waals surface area contributed by atoms with Crippen LogP contribution < -0.4 is 15.5 Å². The highest BCUT2D eigenvalue weighted by molar-refractivity contribution is 6.31. The summed E-state index contributed by atoms with van der Waals surface area (Å²) in [5.74, 6) is -4.41. The third-order valence-corrected chi connectivity index (χ3v) is 4.20. The zero-order valence-corrected chi connectivity index (χ0v) is 14.4. The molecular formula is C17H10ClF4N3O3. The number of carbonyl (C=O) groups is 3. The molecule has 1 fully saturated rings. The zero-order chi connectivity index (χ0) is 20.7. The van der Waals surface area contributed by atoms with Gasteiger partial charge in [0.05, 0.1) is 11.3 Å². The molecule has 0 unspecified atom stereocenters. The van der Waals surface area contributed by atoms with Gasteiger partial charge in [-0.3, -0.25) is 14.9 Å². The number of alkyl halides is 3. The van der Waals surface area contributed by atoms with E-state index in [0.717, 1.165) is 24.3 Å². The van der Waals surface area contributed by atoms with E-state index in [1.807, 2.05) is 0 Å². The van der Waals surface area contributed by atoms with Crippen molar-refractivity contribution in [2.24, 2.45) is 0 Å². The molecule has 1 atom stereocenters. The first-order chi connectivity index (χ1) is 13.1. The Morgan fingerprint density at radius 3 is 2.25 bits per heavy atom. The third kappa shape index (κ3) is 3.15. The van der Waals surface area contributed by atoms with Gasteiger partial charge in [0.25, 0.3) is 17.5 Å². The minimum absolute atomic E-state index is 0.196. The van der Waals surface area contributed by atoms with Crippen LogP contribution in [0.5, 0.6) is 0 Å². The Balaban J connectivity index is 2.02. The van der Waals surface area contributed by atoms with Gasteiger partial charge < -0.3 is 5.32 Å². The second-order valence-electron chi connectivity index (χ2n) is 5.73. The van der Waals surface area contributed by atoms with Crippen LogP contribution in [0.25, 0.3) is 0 Å². The van der Waals surface area contributed by atoms with Gasteiger partial charge >= 0.3 is 12.2 Å². The number of benzene rings is 2. The van der Waals surface area contributed by atoms with Crippen molar-refractivity contribution in [1.29, 1.82) is 0 Å². The lowest BCUT2D eigenvalue weighted by Crippen LogP contribution is -2.69. The van der Waals surface area contributed by atoms with Gasteiger partial charge in [0.15, 0.2) is 0 Å². The molecule has 2 aromatic carbocycles. The van der Waals surface area contributed by atoms with Crippen LogP contribution in [-0.4, -0.2) is 29.7 Å². The smallest absolute Gasteiger partial charge is 0.314 e. The average molecular weight is 416 g/mol. The van der Waals surface area contributed by atoms with Crippen LogP contribution in [0.15, 0.2) is 48.5 Å². The highest BCUT2D eigenvalue weighted by Crippen LogP contribution is 2.36. The maximum absolute atomic E-state index is 13.8. The van der Waals surface area contributed by atoms with E-state index in [4.69, 9.17) is 11.6 Å². The molecule has 4 amide bonds. The topological polar surface area (TPSA) is 78.5 Å². The molecule has 2 aromatic rings. The molecule has 0 radical (unpaired) electrons. The normalized spacial score (nSPS) is 19.5. The highest BCUT2D eigenvalue weighted by atomic mass is 35.5. The number of urea groups is 1. The number of halogens is 5. The minimum Gasteiger partial charge on any atom is -0.314 e. The summed E-state index contributed by atoms with van der Waals surface area (Å²) in [5.41, 5.74) is -4.68. The second kappa shape index (κ2) is 6.79. The van der Waals surface area contributed by atoms with Crippen LogP contribution in [0, 0.1) is 5.82 Å². The number of hydrogen-bond acceptors (Lipinski definition) is 3. The molecule has 0 aliphatic carbocycles. The number of carbonyl (C=O) groups excluding carboxylic acids is 3. The van der Waals surface area contributed by atoms with Crippen molar-refractivity contribution >= 4 is 35.1 Å². The number of imide groups is 1. The maximum Gasteiger partial charge on any atom is 0.440 e. The molecule has 1 heterocycles. The molecule has 3 rings (SSSR count). The van der Waals surface area contributed by atoms with Crippen LogP contribution in [0.4, 0.5) is 28.0 Å². The first-order valence-corrected chi connectivity index (χ1v) is 8.00. The SMILES string of the molecule is O=C(N[C@]1(C(F)(F)F)NC(=O)N(c2ccc(Cl)cc2)C1=O)c1ccccc1F. The molecule has 1 aliphatic rings. The minimum atomic E-state index is -5.41. The molecule has 0 saturated carbocycles. The lowest BCUT2D eigenvalue weighted by molar-refractivity contribution is -0.197. The summed E-state index contributed by atoms with van der Waals surface area (Å²) in [6.45, 7) is 0. The van der Waals surface area contributed by atoms with Gasteiger partial charge in [0, 0.05) is 5.02 Å². The van der Waals surface area contributed by atoms with Crippen molar-refractivity contribution in [1.82, 2.24) is 10.6 Å². The van der Waals surface area contributed by atoms with Crippen LogP contribution in [0.1, 0.15) is 10.4 Å². The first-order valence-electron chi connectivity index (χ1n) is 7.63. The summed E-state index contributed by atoms with van der Waals surface area (Å²) < 4.78 is 55.1. The van der Waals surface area contributed by atoms with Gasteiger partial charge in [-0.15, -0.1) is 0 Å². The summed E-state index contributed by atoms with van der Waals surface area (Å²) in [4.78, 5) is 37.2. The molecule has 146 valence electrons. The molecule has 6 nitrogen and oxygen atoms in total. The Kier molecular flexibility index (Phi) is 4.76. The van der Waals surface area contributed by atoms with Crippen molar-refractivity contribution in [3.8, 4) is 0 Å². The van der Waals surface area contributed by atoms with E-state index in [9.17, 15) is 31.9 Å². The van der Waals surface area contributed by atoms with Gasteiger partial charge in [0.1, 0.15) is 5.82 Å². The number of anilines is 1. The van der Waals surface area contributed by atoms with E-state index in [2.05, 4.69) is 0 Å². The summed E-state index contributed by atoms with van der Waals surface area (Å²) in [6.07, 6.45) is -5.41. The van der Waals surface area contributed by atoms with Crippen LogP contribution in [0.2, 0.25) is 5.02 Å². The van der Waals surface area contributed by atoms with Crippen molar-refractivity contribution in [2.45, 2.75) is 11.8 Å². The Labute approximate surface area is 160 Å². The lowest BCUT2D eigenvalue weighted by Gasteiger charge is -2.29. The fourth-order valence-corrected chi connectivity index (χ4v) is 2.71. The molecular weight excluding hydrogens is 406 g/mol. The molecule has 11 heteroatoms. The van der Waals surface area contributed by atoms with Crippen molar-refractivity contribution in [3.05, 3.63) is 64.9 Å². The van der Waals surface area contributed by atoms with Gasteiger partial charge in [0.2, 0.25) is 0 Å². The van der Waals surface area contributed by atoms with E-state index < -0.39 is 41.1 Å². The molecule has 0 bridgehead atoms. The number of amides is 4. The van der Waals surface area contributed by atoms with Crippen LogP contribution in [0.3, 0.4) is 0 Å². The summed E-state index contributed by atoms with van der Waals surface area (Å²) >= 11 is 5.69. The molecule has 1 aliphatic heterocycles. The first kappa shape index (κ1) is 19.6. The average Bonchev–Trinajstić information content (AvgIpc) is 2.87. The Bertz CT molecular complexity index is 965. The van der Waals surface area contributed by atoms with Crippen molar-refractivity contribution < 1.29 is 31.9 Å². The number of hydrogen-bond donors (Lipinski definition) is 2. The molecule has 1 saturated heterocycles. The quantitative estimate of drug-likeness (QED) is 0.597. The second-order valence-corrected chi connectivity index (χ2v) is 6.17. The monoisotopic (exact) mass is 415 g/mol. The number of nitrogens with one attached hydrogen (secondary N) is 2. The lowest BCUT2D eigenvalue weighted by atomic mass is 10.1. The van der Waals surface area contributed by atoms with E-state index >= 15 is 0 Å². The largest absolute Gasteiger partial charge is 0.440 e. The van der Waals surface area contributed by atoms with E-state index in [1.165, 1.54) is 34.9 Å². The maximum atomic E-state index is 13.8. The van der Waals surface area contributed by atoms with E-state index in [-0.39, 0.29) is 15.6 Å². The van der Waals surface area contributed by atoms with Gasteiger partial charge in [-0.25, -0.2) is 14.1 Å². The molecule has 0 spiro atoms. The Hall–Kier alpha value is -3.14. The van der Waals surface area contributed by atoms with Crippen molar-refractivity contribution in [2.75, 3.05) is 4.90 Å². The Morgan fingerprint density at radius 1 is 1.07 bits per heavy atom. The summed E-state index contributed by atoms with van der Waals surface area (Å²) in [7, 11) is 0. The fourth-order valence-electron chi connectivity index (χ4n) is 2.59. The standard InChI is InChI=1S/C17H10ClF4N3O3/c18-9-5-7-10(8-6-9)25-14(27)16(17(20,21)22,24-15(25)28)23-13(26)11-3-1-2-4-12(11)19/h1-8H,(H,23,26)(H,24,28)/t16-/m0/s1. The van der Waals surface area contributed by atoms with Gasteiger partial charge in [-0.2, -0.15) is 13.2 Å². The molecule has 0 aromatic heterocycles. The van der Waals surface area contributed by atoms with Gasteiger partial charge in [-0.05, 0) is 36.4 Å². The van der Waals surface area contributed by atoms with Crippen molar-refractivity contribution in [3.63, 3.8) is 0 Å². The van der Waals surface area contributed by atoms with E-state index in [1.54, 1.807) is 0 Å². The summed E-state index contributed by atoms with van der Waals surface area (Å²) in [6, 6.07) is 7.70. The summed E-state index contributed by atoms with van der Waals surface area (Å²) in [5, 5.41) is 3.12. The number of nitrogens with zero attached hydrogens (tertiary/aromatic N) is 1. The number of rotatable bonds is 3. The predicted octanol–water partition coefficient (Wildman–Crippen LogP) is 3.22. The fraction of sp³-hybridized carbons (Fsp3) is 0.118. The Morgan fingerprint density at radius 2 is 1.68 bits per heavy atom. The van der Waals surface area contributed by atoms with Crippen LogP contribution >= 0.6 is 11.6 Å². The zero-order valence-electron chi connectivity index (χ0n) is 13.7. The molecule has 28 heavy (non-hydrogen) atoms. The predicted molar refractivity (Wildman–Crippen MR) is 90.1 cm³/mol. The van der Waals surface area contributed by atoms with E-state index in [0.29, 0.717) is 0 Å².